The third-order valence-electron chi connectivity index (χ3n) is 4.48. The Morgan fingerprint density at radius 1 is 0.933 bits per heavy atom. The summed E-state index contributed by atoms with van der Waals surface area (Å²) >= 11 is 0. The predicted octanol–water partition coefficient (Wildman–Crippen LogP) is 4.55. The molecule has 156 valence electrons. The van der Waals surface area contributed by atoms with Crippen molar-refractivity contribution in [3.8, 4) is 5.75 Å². The zero-order valence-electron chi connectivity index (χ0n) is 16.9. The van der Waals surface area contributed by atoms with Gasteiger partial charge in [0.15, 0.2) is 0 Å². The Balaban J connectivity index is 1.69. The first-order chi connectivity index (χ1) is 14.4. The summed E-state index contributed by atoms with van der Waals surface area (Å²) in [5.74, 6) is 0.430. The summed E-state index contributed by atoms with van der Waals surface area (Å²) in [4.78, 5) is 12.6. The van der Waals surface area contributed by atoms with Gasteiger partial charge in [0.1, 0.15) is 5.75 Å². The topological polar surface area (TPSA) is 75.7 Å². The molecule has 0 saturated carbocycles. The molecule has 0 spiro atoms. The molecule has 0 radical (unpaired) electrons. The Labute approximate surface area is 177 Å². The van der Waals surface area contributed by atoms with E-state index in [1.54, 1.807) is 60.7 Å². The summed E-state index contributed by atoms with van der Waals surface area (Å²) in [7, 11) is -2.19. The van der Waals surface area contributed by atoms with Gasteiger partial charge in [-0.1, -0.05) is 25.1 Å². The van der Waals surface area contributed by atoms with Crippen LogP contribution in [0.2, 0.25) is 0 Å². The fraction of sp³-hybridized carbons (Fsp3) is 0.174. The summed E-state index contributed by atoms with van der Waals surface area (Å²) in [5.41, 5.74) is 1.56. The van der Waals surface area contributed by atoms with Crippen LogP contribution < -0.4 is 14.4 Å². The molecule has 6 nitrogen and oxygen atoms in total. The number of rotatable bonds is 8. The van der Waals surface area contributed by atoms with Crippen LogP contribution in [0.15, 0.2) is 83.8 Å². The number of carbonyl (C=O) groups is 1. The van der Waals surface area contributed by atoms with Gasteiger partial charge in [0.05, 0.1) is 17.2 Å². The molecule has 0 unspecified atom stereocenters. The van der Waals surface area contributed by atoms with E-state index in [1.807, 2.05) is 13.0 Å². The van der Waals surface area contributed by atoms with Crippen LogP contribution in [0.4, 0.5) is 11.4 Å². The monoisotopic (exact) mass is 424 g/mol. The Hall–Kier alpha value is -3.32. The first kappa shape index (κ1) is 21.4. The zero-order valence-corrected chi connectivity index (χ0v) is 17.7. The molecule has 0 heterocycles. The number of benzene rings is 3. The summed E-state index contributed by atoms with van der Waals surface area (Å²) in [6, 6.07) is 21.8. The standard InChI is InChI=1S/C23H24N2O4S/c1-3-17-29-21-13-9-18(10-14-21)23(26)24-19-11-15-22(16-12-19)30(27,28)25(2)20-7-5-4-6-8-20/h4-16H,3,17H2,1-2H3,(H,24,26). The summed E-state index contributed by atoms with van der Waals surface area (Å²) < 4.78 is 32.4. The van der Waals surface area contributed by atoms with E-state index in [0.29, 0.717) is 29.3 Å². The normalized spacial score (nSPS) is 11.0. The van der Waals surface area contributed by atoms with E-state index in [0.717, 1.165) is 6.42 Å². The fourth-order valence-corrected chi connectivity index (χ4v) is 3.97. The highest BCUT2D eigenvalue weighted by molar-refractivity contribution is 7.92. The quantitative estimate of drug-likeness (QED) is 0.575. The van der Waals surface area contributed by atoms with E-state index in [9.17, 15) is 13.2 Å². The van der Waals surface area contributed by atoms with Gasteiger partial charge in [-0.25, -0.2) is 8.42 Å². The largest absolute Gasteiger partial charge is 0.494 e. The number of anilines is 2. The maximum Gasteiger partial charge on any atom is 0.264 e. The van der Waals surface area contributed by atoms with E-state index in [2.05, 4.69) is 5.32 Å². The van der Waals surface area contributed by atoms with E-state index in [-0.39, 0.29) is 10.8 Å². The van der Waals surface area contributed by atoms with Crippen LogP contribution in [-0.2, 0) is 10.0 Å². The lowest BCUT2D eigenvalue weighted by molar-refractivity contribution is 0.102. The number of nitrogens with one attached hydrogen (secondary N) is 1. The number of ether oxygens (including phenoxy) is 1. The number of hydrogen-bond acceptors (Lipinski definition) is 4. The van der Waals surface area contributed by atoms with Crippen molar-refractivity contribution in [2.45, 2.75) is 18.2 Å². The van der Waals surface area contributed by atoms with Crippen molar-refractivity contribution in [3.63, 3.8) is 0 Å². The first-order valence-electron chi connectivity index (χ1n) is 9.60. The van der Waals surface area contributed by atoms with E-state index in [4.69, 9.17) is 4.74 Å². The van der Waals surface area contributed by atoms with Crippen LogP contribution in [0.25, 0.3) is 0 Å². The third kappa shape index (κ3) is 4.99. The Kier molecular flexibility index (Phi) is 6.74. The van der Waals surface area contributed by atoms with Gasteiger partial charge >= 0.3 is 0 Å². The molecule has 0 aliphatic heterocycles. The molecule has 3 aromatic carbocycles. The summed E-state index contributed by atoms with van der Waals surface area (Å²) in [6.07, 6.45) is 0.912. The van der Waals surface area contributed by atoms with E-state index in [1.165, 1.54) is 23.5 Å². The van der Waals surface area contributed by atoms with Crippen molar-refractivity contribution >= 4 is 27.3 Å². The molecular formula is C23H24N2O4S. The molecule has 0 bridgehead atoms. The molecule has 0 saturated heterocycles. The van der Waals surface area contributed by atoms with Gasteiger partial charge in [0.2, 0.25) is 0 Å². The maximum atomic E-state index is 12.8. The predicted molar refractivity (Wildman–Crippen MR) is 119 cm³/mol. The fourth-order valence-electron chi connectivity index (χ4n) is 2.77. The van der Waals surface area contributed by atoms with Crippen molar-refractivity contribution in [2.24, 2.45) is 0 Å². The lowest BCUT2D eigenvalue weighted by Crippen LogP contribution is -2.26. The van der Waals surface area contributed by atoms with Crippen molar-refractivity contribution in [1.29, 1.82) is 0 Å². The number of para-hydroxylation sites is 1. The summed E-state index contributed by atoms with van der Waals surface area (Å²) in [5, 5.41) is 2.77. The first-order valence-corrected chi connectivity index (χ1v) is 11.0. The molecule has 0 aliphatic carbocycles. The van der Waals surface area contributed by atoms with Crippen LogP contribution in [-0.4, -0.2) is 28.0 Å². The highest BCUT2D eigenvalue weighted by Crippen LogP contribution is 2.23. The molecule has 1 amide bonds. The lowest BCUT2D eigenvalue weighted by atomic mass is 10.2. The molecule has 7 heteroatoms. The van der Waals surface area contributed by atoms with Gasteiger partial charge in [-0.2, -0.15) is 0 Å². The highest BCUT2D eigenvalue weighted by atomic mass is 32.2. The van der Waals surface area contributed by atoms with Crippen LogP contribution in [0.3, 0.4) is 0 Å². The van der Waals surface area contributed by atoms with Gasteiger partial charge in [-0.3, -0.25) is 9.10 Å². The second kappa shape index (κ2) is 9.45. The average molecular weight is 425 g/mol. The molecule has 0 atom stereocenters. The van der Waals surface area contributed by atoms with Crippen LogP contribution in [0.5, 0.6) is 5.75 Å². The van der Waals surface area contributed by atoms with Crippen molar-refractivity contribution in [2.75, 3.05) is 23.3 Å². The van der Waals surface area contributed by atoms with Crippen LogP contribution in [0, 0.1) is 0 Å². The Morgan fingerprint density at radius 2 is 1.57 bits per heavy atom. The van der Waals surface area contributed by atoms with Crippen LogP contribution in [0.1, 0.15) is 23.7 Å². The third-order valence-corrected chi connectivity index (χ3v) is 6.28. The van der Waals surface area contributed by atoms with Crippen molar-refractivity contribution in [3.05, 3.63) is 84.4 Å². The number of sulfonamides is 1. The number of hydrogen-bond donors (Lipinski definition) is 1. The smallest absolute Gasteiger partial charge is 0.264 e. The lowest BCUT2D eigenvalue weighted by Gasteiger charge is -2.19. The van der Waals surface area contributed by atoms with Crippen molar-refractivity contribution in [1.82, 2.24) is 0 Å². The molecule has 30 heavy (non-hydrogen) atoms. The highest BCUT2D eigenvalue weighted by Gasteiger charge is 2.21. The number of carbonyl (C=O) groups excluding carboxylic acids is 1. The second-order valence-corrected chi connectivity index (χ2v) is 8.63. The number of nitrogens with zero attached hydrogens (tertiary/aromatic N) is 1. The average Bonchev–Trinajstić information content (AvgIpc) is 2.78. The van der Waals surface area contributed by atoms with Crippen molar-refractivity contribution < 1.29 is 17.9 Å². The molecule has 3 aromatic rings. The van der Waals surface area contributed by atoms with E-state index >= 15 is 0 Å². The Morgan fingerprint density at radius 3 is 2.17 bits per heavy atom. The maximum absolute atomic E-state index is 12.8. The minimum atomic E-state index is -3.70. The summed E-state index contributed by atoms with van der Waals surface area (Å²) in [6.45, 7) is 2.65. The van der Waals surface area contributed by atoms with E-state index < -0.39 is 10.0 Å². The molecule has 0 aromatic heterocycles. The molecular weight excluding hydrogens is 400 g/mol. The van der Waals surface area contributed by atoms with Gasteiger partial charge in [-0.15, -0.1) is 0 Å². The molecule has 0 fully saturated rings. The van der Waals surface area contributed by atoms with Gasteiger partial charge in [-0.05, 0) is 67.1 Å². The van der Waals surface area contributed by atoms with Gasteiger partial charge in [0.25, 0.3) is 15.9 Å². The second-order valence-electron chi connectivity index (χ2n) is 6.66. The molecule has 3 rings (SSSR count). The van der Waals surface area contributed by atoms with Gasteiger partial charge < -0.3 is 10.1 Å². The van der Waals surface area contributed by atoms with Crippen LogP contribution >= 0.6 is 0 Å². The molecule has 0 aliphatic rings. The Bertz CT molecular complexity index is 1080. The number of amides is 1. The SMILES string of the molecule is CCCOc1ccc(C(=O)Nc2ccc(S(=O)(=O)N(C)c3ccccc3)cc2)cc1. The minimum Gasteiger partial charge on any atom is -0.494 e. The van der Waals surface area contributed by atoms with Gasteiger partial charge in [0, 0.05) is 18.3 Å². The molecule has 1 N–H and O–H groups in total. The zero-order chi connectivity index (χ0) is 21.6. The minimum absolute atomic E-state index is 0.143.